The number of carbonyl (C=O) groups excluding carboxylic acids is 2. The van der Waals surface area contributed by atoms with Gasteiger partial charge in [0.25, 0.3) is 0 Å². The van der Waals surface area contributed by atoms with E-state index in [1.54, 1.807) is 0 Å². The van der Waals surface area contributed by atoms with Crippen LogP contribution < -0.4 is 24.4 Å². The summed E-state index contributed by atoms with van der Waals surface area (Å²) in [6.45, 7) is -0.124. The van der Waals surface area contributed by atoms with Gasteiger partial charge in [-0.3, -0.25) is 0 Å². The molecule has 25 heavy (non-hydrogen) atoms. The predicted octanol–water partition coefficient (Wildman–Crippen LogP) is -1.72. The second-order valence-corrected chi connectivity index (χ2v) is 6.52. The molecule has 0 saturated heterocycles. The molecular formula is C15H17NO8S-2. The van der Waals surface area contributed by atoms with Crippen LogP contribution in [-0.2, 0) is 19.6 Å². The molecule has 0 bridgehead atoms. The Morgan fingerprint density at radius 2 is 1.88 bits per heavy atom. The van der Waals surface area contributed by atoms with E-state index in [0.717, 1.165) is 12.2 Å². The van der Waals surface area contributed by atoms with Crippen molar-refractivity contribution >= 4 is 28.0 Å². The maximum atomic E-state index is 12.5. The van der Waals surface area contributed by atoms with E-state index in [4.69, 9.17) is 9.47 Å². The first-order chi connectivity index (χ1) is 11.7. The van der Waals surface area contributed by atoms with Crippen LogP contribution in [0, 0.1) is 0 Å². The zero-order valence-electron chi connectivity index (χ0n) is 13.6. The third-order valence-electron chi connectivity index (χ3n) is 3.02. The van der Waals surface area contributed by atoms with Gasteiger partial charge in [-0.15, -0.1) is 0 Å². The normalized spacial score (nSPS) is 11.4. The van der Waals surface area contributed by atoms with Crippen LogP contribution in [0.15, 0.2) is 23.1 Å². The Kier molecular flexibility index (Phi) is 7.40. The highest BCUT2D eigenvalue weighted by Crippen LogP contribution is 2.36. The molecule has 0 aliphatic carbocycles. The summed E-state index contributed by atoms with van der Waals surface area (Å²) in [4.78, 5) is 20.6. The van der Waals surface area contributed by atoms with Crippen LogP contribution in [0.2, 0.25) is 0 Å². The van der Waals surface area contributed by atoms with Gasteiger partial charge in [0, 0.05) is 12.5 Å². The van der Waals surface area contributed by atoms with E-state index in [1.807, 2.05) is 0 Å². The van der Waals surface area contributed by atoms with E-state index in [-0.39, 0.29) is 41.3 Å². The summed E-state index contributed by atoms with van der Waals surface area (Å²) >= 11 is 0. The van der Waals surface area contributed by atoms with Crippen molar-refractivity contribution in [1.82, 2.24) is 4.72 Å². The molecule has 0 saturated carbocycles. The van der Waals surface area contributed by atoms with E-state index < -0.39 is 22.0 Å². The van der Waals surface area contributed by atoms with Crippen molar-refractivity contribution in [2.24, 2.45) is 0 Å². The van der Waals surface area contributed by atoms with Crippen LogP contribution in [0.4, 0.5) is 0 Å². The number of methoxy groups -OCH3 is 2. The monoisotopic (exact) mass is 371 g/mol. The Balaban J connectivity index is 3.22. The molecule has 1 N–H and O–H groups in total. The molecule has 0 spiro atoms. The number of hydrogen-bond donors (Lipinski definition) is 1. The summed E-state index contributed by atoms with van der Waals surface area (Å²) in [5.41, 5.74) is 0.233. The summed E-state index contributed by atoms with van der Waals surface area (Å²) in [6, 6.07) is 2.59. The predicted molar refractivity (Wildman–Crippen MR) is 83.0 cm³/mol. The highest BCUT2D eigenvalue weighted by atomic mass is 32.2. The van der Waals surface area contributed by atoms with Gasteiger partial charge in [0.2, 0.25) is 10.0 Å². The first-order valence-corrected chi connectivity index (χ1v) is 8.54. The standard InChI is InChI=1S/C15H19NO8S/c1-23-11-8-10(5-6-14(19)20)9-12(15(11)24-2)25(21,22)16-7-3-4-13(17)18/h5-6,8-9,16H,3-4,7H2,1-2H3,(H,17,18)(H,19,20)/p-2/b6-5+. The number of aliphatic carboxylic acids is 2. The maximum absolute atomic E-state index is 12.5. The number of hydrogen-bond acceptors (Lipinski definition) is 8. The van der Waals surface area contributed by atoms with E-state index >= 15 is 0 Å². The van der Waals surface area contributed by atoms with Gasteiger partial charge in [-0.25, -0.2) is 13.1 Å². The minimum absolute atomic E-state index is 0.0469. The average molecular weight is 371 g/mol. The molecule has 9 nitrogen and oxygen atoms in total. The first kappa shape index (κ1) is 20.5. The molecule has 0 fully saturated rings. The SMILES string of the molecule is COc1cc(/C=C/C(=O)[O-])cc(S(=O)(=O)NCCCC(=O)[O-])c1OC. The molecule has 0 heterocycles. The second kappa shape index (κ2) is 9.04. The molecule has 0 atom stereocenters. The molecule has 10 heteroatoms. The number of nitrogens with one attached hydrogen (secondary N) is 1. The number of rotatable bonds is 10. The minimum atomic E-state index is -4.06. The van der Waals surface area contributed by atoms with Crippen LogP contribution in [0.25, 0.3) is 6.08 Å². The smallest absolute Gasteiger partial charge is 0.244 e. The van der Waals surface area contributed by atoms with E-state index in [9.17, 15) is 28.2 Å². The third-order valence-corrected chi connectivity index (χ3v) is 4.48. The molecule has 0 aromatic heterocycles. The Bertz CT molecular complexity index is 770. The lowest BCUT2D eigenvalue weighted by Gasteiger charge is -2.15. The van der Waals surface area contributed by atoms with Crippen LogP contribution in [0.1, 0.15) is 18.4 Å². The summed E-state index contributed by atoms with van der Waals surface area (Å²) in [5.74, 6) is -2.72. The third kappa shape index (κ3) is 6.08. The summed E-state index contributed by atoms with van der Waals surface area (Å²) in [7, 11) is -1.51. The Hall–Kier alpha value is -2.59. The van der Waals surface area contributed by atoms with Gasteiger partial charge in [0.05, 0.1) is 20.2 Å². The van der Waals surface area contributed by atoms with Crippen molar-refractivity contribution in [3.05, 3.63) is 23.8 Å². The Morgan fingerprint density at radius 1 is 1.20 bits per heavy atom. The fourth-order valence-electron chi connectivity index (χ4n) is 1.93. The lowest BCUT2D eigenvalue weighted by atomic mass is 10.2. The van der Waals surface area contributed by atoms with Crippen molar-refractivity contribution in [3.63, 3.8) is 0 Å². The van der Waals surface area contributed by atoms with E-state index in [1.165, 1.54) is 26.4 Å². The van der Waals surface area contributed by atoms with Crippen LogP contribution in [0.3, 0.4) is 0 Å². The number of carboxylic acids is 2. The number of sulfonamides is 1. The van der Waals surface area contributed by atoms with Gasteiger partial charge in [-0.05, 0) is 36.6 Å². The summed E-state index contributed by atoms with van der Waals surface area (Å²) < 4.78 is 37.3. The molecule has 0 radical (unpaired) electrons. The molecule has 0 aliphatic rings. The van der Waals surface area contributed by atoms with E-state index in [2.05, 4.69) is 4.72 Å². The van der Waals surface area contributed by atoms with Gasteiger partial charge in [0.15, 0.2) is 11.5 Å². The van der Waals surface area contributed by atoms with E-state index in [0.29, 0.717) is 0 Å². The van der Waals surface area contributed by atoms with Gasteiger partial charge in [-0.2, -0.15) is 0 Å². The lowest BCUT2D eigenvalue weighted by Crippen LogP contribution is -2.28. The van der Waals surface area contributed by atoms with Gasteiger partial charge in [0.1, 0.15) is 4.90 Å². The van der Waals surface area contributed by atoms with Crippen molar-refractivity contribution < 1.29 is 37.7 Å². The van der Waals surface area contributed by atoms with Crippen molar-refractivity contribution in [2.75, 3.05) is 20.8 Å². The molecule has 0 aliphatic heterocycles. The molecule has 1 aromatic rings. The first-order valence-electron chi connectivity index (χ1n) is 7.06. The fourth-order valence-corrected chi connectivity index (χ4v) is 3.21. The minimum Gasteiger partial charge on any atom is -0.550 e. The zero-order valence-corrected chi connectivity index (χ0v) is 14.4. The van der Waals surface area contributed by atoms with Gasteiger partial charge < -0.3 is 29.3 Å². The van der Waals surface area contributed by atoms with Crippen molar-refractivity contribution in [2.45, 2.75) is 17.7 Å². The van der Waals surface area contributed by atoms with Crippen molar-refractivity contribution in [1.29, 1.82) is 0 Å². The average Bonchev–Trinajstić information content (AvgIpc) is 2.55. The molecule has 1 aromatic carbocycles. The maximum Gasteiger partial charge on any atom is 0.244 e. The van der Waals surface area contributed by atoms with Crippen LogP contribution in [-0.4, -0.2) is 41.1 Å². The largest absolute Gasteiger partial charge is 0.550 e. The number of ether oxygens (including phenoxy) is 2. The number of carbonyl (C=O) groups is 2. The molecule has 138 valence electrons. The highest BCUT2D eigenvalue weighted by Gasteiger charge is 2.23. The molecular weight excluding hydrogens is 354 g/mol. The van der Waals surface area contributed by atoms with Gasteiger partial charge in [-0.1, -0.05) is 6.08 Å². The summed E-state index contributed by atoms with van der Waals surface area (Å²) in [6.07, 6.45) is 1.64. The second-order valence-electron chi connectivity index (χ2n) is 4.78. The topological polar surface area (TPSA) is 145 Å². The van der Waals surface area contributed by atoms with Gasteiger partial charge >= 0.3 is 0 Å². The quantitative estimate of drug-likeness (QED) is 0.377. The van der Waals surface area contributed by atoms with Crippen molar-refractivity contribution in [3.8, 4) is 11.5 Å². The van der Waals surface area contributed by atoms with Crippen LogP contribution in [0.5, 0.6) is 11.5 Å². The van der Waals surface area contributed by atoms with Crippen LogP contribution >= 0.6 is 0 Å². The lowest BCUT2D eigenvalue weighted by molar-refractivity contribution is -0.306. The summed E-state index contributed by atoms with van der Waals surface area (Å²) in [5, 5.41) is 20.9. The highest BCUT2D eigenvalue weighted by molar-refractivity contribution is 7.89. The Morgan fingerprint density at radius 3 is 2.40 bits per heavy atom. The molecule has 1 rings (SSSR count). The molecule has 0 amide bonds. The molecule has 0 unspecified atom stereocenters. The number of carboxylic acid groups (broad SMARTS) is 2. The Labute approximate surface area is 144 Å². The fraction of sp³-hybridized carbons (Fsp3) is 0.333. The number of benzene rings is 1. The zero-order chi connectivity index (χ0) is 19.0.